The molecule has 0 bridgehead atoms. The fourth-order valence-corrected chi connectivity index (χ4v) is 5.74. The van der Waals surface area contributed by atoms with Gasteiger partial charge in [-0.15, -0.1) is 0 Å². The van der Waals surface area contributed by atoms with Crippen LogP contribution in [0.15, 0.2) is 18.2 Å². The van der Waals surface area contributed by atoms with Crippen molar-refractivity contribution in [3.8, 4) is 16.9 Å². The number of ether oxygens (including phenoxy) is 1. The van der Waals surface area contributed by atoms with Gasteiger partial charge in [0, 0.05) is 29.8 Å². The molecule has 0 saturated carbocycles. The monoisotopic (exact) mass is 466 g/mol. The number of nitrogens with one attached hydrogen (secondary N) is 1. The van der Waals surface area contributed by atoms with Crippen molar-refractivity contribution in [1.29, 1.82) is 0 Å². The second kappa shape index (κ2) is 8.14. The zero-order chi connectivity index (χ0) is 23.3. The zero-order valence-electron chi connectivity index (χ0n) is 19.6. The number of benzene rings is 1. The number of hydrogen-bond donors (Lipinski definition) is 2. The Bertz CT molecular complexity index is 1230. The lowest BCUT2D eigenvalue weighted by Crippen LogP contribution is -2.48. The van der Waals surface area contributed by atoms with Gasteiger partial charge in [-0.05, 0) is 58.4 Å². The first-order valence-corrected chi connectivity index (χ1v) is 12.2. The number of hydrogen-bond acceptors (Lipinski definition) is 7. The molecule has 0 fully saturated rings. The van der Waals surface area contributed by atoms with Crippen molar-refractivity contribution in [1.82, 2.24) is 20.1 Å². The molecule has 3 N–H and O–H groups in total. The standard InChI is InChI=1S/C24H30N6O2S/c1-14-20(15(2)30(28-14)9-5-8-25)16-6-7-19-18(12-16)29(10-11-32-19)23-26-17-13-24(3,4)27-22(31)21(17)33-23/h6-7,12H,5,8-11,13,25H2,1-4H3,(H,27,31). The van der Waals surface area contributed by atoms with Crippen molar-refractivity contribution in [2.24, 2.45) is 5.73 Å². The molecule has 5 rings (SSSR count). The van der Waals surface area contributed by atoms with E-state index in [1.165, 1.54) is 11.3 Å². The normalized spacial score (nSPS) is 16.8. The van der Waals surface area contributed by atoms with Crippen LogP contribution in [0.2, 0.25) is 0 Å². The molecule has 0 unspecified atom stereocenters. The zero-order valence-corrected chi connectivity index (χ0v) is 20.4. The van der Waals surface area contributed by atoms with Crippen molar-refractivity contribution in [2.45, 2.75) is 52.6 Å². The molecule has 2 aromatic heterocycles. The quantitative estimate of drug-likeness (QED) is 0.597. The molecule has 0 radical (unpaired) electrons. The number of amides is 1. The summed E-state index contributed by atoms with van der Waals surface area (Å²) in [6.45, 7) is 10.9. The molecule has 0 saturated heterocycles. The number of anilines is 2. The van der Waals surface area contributed by atoms with Crippen LogP contribution >= 0.6 is 11.3 Å². The van der Waals surface area contributed by atoms with Crippen LogP contribution in [0.4, 0.5) is 10.8 Å². The molecule has 0 aliphatic carbocycles. The van der Waals surface area contributed by atoms with Crippen LogP contribution in [0.25, 0.3) is 11.1 Å². The van der Waals surface area contributed by atoms with Crippen LogP contribution in [0.1, 0.15) is 47.0 Å². The number of carbonyl (C=O) groups is 1. The number of carbonyl (C=O) groups excluding carboxylic acids is 1. The molecule has 0 spiro atoms. The lowest BCUT2D eigenvalue weighted by atomic mass is 9.94. The van der Waals surface area contributed by atoms with Crippen LogP contribution in [0, 0.1) is 13.8 Å². The average Bonchev–Trinajstić information content (AvgIpc) is 3.31. The molecule has 2 aliphatic rings. The van der Waals surface area contributed by atoms with E-state index in [4.69, 9.17) is 20.6 Å². The fraction of sp³-hybridized carbons (Fsp3) is 0.458. The number of rotatable bonds is 5. The summed E-state index contributed by atoms with van der Waals surface area (Å²) in [5, 5.41) is 8.65. The molecule has 0 atom stereocenters. The van der Waals surface area contributed by atoms with Gasteiger partial charge in [-0.1, -0.05) is 17.4 Å². The minimum atomic E-state index is -0.287. The summed E-state index contributed by atoms with van der Waals surface area (Å²) in [6.07, 6.45) is 1.62. The minimum Gasteiger partial charge on any atom is -0.490 e. The molecule has 3 aromatic rings. The highest BCUT2D eigenvalue weighted by Crippen LogP contribution is 2.43. The van der Waals surface area contributed by atoms with Crippen molar-refractivity contribution in [3.63, 3.8) is 0 Å². The molecule has 1 aromatic carbocycles. The molecule has 4 heterocycles. The van der Waals surface area contributed by atoms with E-state index in [0.29, 0.717) is 24.6 Å². The average molecular weight is 467 g/mol. The summed E-state index contributed by atoms with van der Waals surface area (Å²) in [5.74, 6) is 0.789. The maximum absolute atomic E-state index is 12.6. The van der Waals surface area contributed by atoms with Gasteiger partial charge in [0.05, 0.1) is 23.6 Å². The Balaban J connectivity index is 1.54. The van der Waals surface area contributed by atoms with Crippen LogP contribution in [0.5, 0.6) is 5.75 Å². The summed E-state index contributed by atoms with van der Waals surface area (Å²) in [7, 11) is 0. The molecule has 8 nitrogen and oxygen atoms in total. The lowest BCUT2D eigenvalue weighted by molar-refractivity contribution is 0.0901. The third-order valence-corrected chi connectivity index (χ3v) is 7.37. The van der Waals surface area contributed by atoms with E-state index in [0.717, 1.165) is 64.2 Å². The van der Waals surface area contributed by atoms with Gasteiger partial charge >= 0.3 is 0 Å². The Kier molecular flexibility index (Phi) is 5.41. The minimum absolute atomic E-state index is 0.0385. The maximum atomic E-state index is 12.6. The van der Waals surface area contributed by atoms with Gasteiger partial charge in [-0.2, -0.15) is 5.10 Å². The summed E-state index contributed by atoms with van der Waals surface area (Å²) in [4.78, 5) is 20.4. The highest BCUT2D eigenvalue weighted by Gasteiger charge is 2.35. The van der Waals surface area contributed by atoms with Crippen LogP contribution < -0.4 is 20.7 Å². The Morgan fingerprint density at radius 3 is 2.91 bits per heavy atom. The fourth-order valence-electron chi connectivity index (χ4n) is 4.72. The highest BCUT2D eigenvalue weighted by molar-refractivity contribution is 7.17. The Morgan fingerprint density at radius 2 is 2.12 bits per heavy atom. The van der Waals surface area contributed by atoms with E-state index < -0.39 is 0 Å². The maximum Gasteiger partial charge on any atom is 0.263 e. The first-order chi connectivity index (χ1) is 15.8. The second-order valence-electron chi connectivity index (χ2n) is 9.38. The topological polar surface area (TPSA) is 98.3 Å². The van der Waals surface area contributed by atoms with Gasteiger partial charge in [-0.3, -0.25) is 9.48 Å². The number of nitrogens with zero attached hydrogens (tertiary/aromatic N) is 4. The summed E-state index contributed by atoms with van der Waals surface area (Å²) >= 11 is 1.45. The van der Waals surface area contributed by atoms with E-state index >= 15 is 0 Å². The van der Waals surface area contributed by atoms with E-state index in [-0.39, 0.29) is 11.4 Å². The van der Waals surface area contributed by atoms with Gasteiger partial charge in [0.1, 0.15) is 17.2 Å². The third-order valence-electron chi connectivity index (χ3n) is 6.25. The third kappa shape index (κ3) is 3.89. The molecule has 174 valence electrons. The van der Waals surface area contributed by atoms with E-state index in [1.54, 1.807) is 0 Å². The molecule has 2 aliphatic heterocycles. The van der Waals surface area contributed by atoms with E-state index in [2.05, 4.69) is 29.3 Å². The summed E-state index contributed by atoms with van der Waals surface area (Å²) in [5.41, 5.74) is 11.6. The van der Waals surface area contributed by atoms with E-state index in [1.807, 2.05) is 31.5 Å². The number of aryl methyl sites for hydroxylation is 2. The Labute approximate surface area is 197 Å². The molecular weight excluding hydrogens is 436 g/mol. The van der Waals surface area contributed by atoms with Crippen LogP contribution in [-0.2, 0) is 13.0 Å². The van der Waals surface area contributed by atoms with Gasteiger partial charge in [0.2, 0.25) is 0 Å². The number of thiazole rings is 1. The van der Waals surface area contributed by atoms with Crippen molar-refractivity contribution < 1.29 is 9.53 Å². The van der Waals surface area contributed by atoms with Crippen molar-refractivity contribution >= 4 is 28.1 Å². The molecule has 1 amide bonds. The van der Waals surface area contributed by atoms with Crippen molar-refractivity contribution in [2.75, 3.05) is 24.6 Å². The predicted octanol–water partition coefficient (Wildman–Crippen LogP) is 3.57. The van der Waals surface area contributed by atoms with Crippen LogP contribution in [0.3, 0.4) is 0 Å². The second-order valence-corrected chi connectivity index (χ2v) is 10.4. The van der Waals surface area contributed by atoms with Gasteiger partial charge in [0.15, 0.2) is 5.13 Å². The number of aromatic nitrogens is 3. The first kappa shape index (κ1) is 21.9. The SMILES string of the molecule is Cc1nn(CCCN)c(C)c1-c1ccc2c(c1)N(c1nc3c(s1)C(=O)NC(C)(C)C3)CCO2. The molecule has 9 heteroatoms. The van der Waals surface area contributed by atoms with Crippen LogP contribution in [-0.4, -0.2) is 45.9 Å². The highest BCUT2D eigenvalue weighted by atomic mass is 32.1. The number of fused-ring (bicyclic) bond motifs is 2. The summed E-state index contributed by atoms with van der Waals surface area (Å²) < 4.78 is 8.00. The van der Waals surface area contributed by atoms with Crippen molar-refractivity contribution in [3.05, 3.63) is 40.2 Å². The smallest absolute Gasteiger partial charge is 0.263 e. The predicted molar refractivity (Wildman–Crippen MR) is 131 cm³/mol. The van der Waals surface area contributed by atoms with Gasteiger partial charge in [0.25, 0.3) is 5.91 Å². The van der Waals surface area contributed by atoms with Gasteiger partial charge in [-0.25, -0.2) is 4.98 Å². The first-order valence-electron chi connectivity index (χ1n) is 11.4. The van der Waals surface area contributed by atoms with E-state index in [9.17, 15) is 4.79 Å². The summed E-state index contributed by atoms with van der Waals surface area (Å²) in [6, 6.07) is 6.27. The lowest BCUT2D eigenvalue weighted by Gasteiger charge is -2.30. The molecule has 33 heavy (non-hydrogen) atoms. The number of nitrogens with two attached hydrogens (primary N) is 1. The molecular formula is C24H30N6O2S. The Morgan fingerprint density at radius 1 is 1.30 bits per heavy atom. The van der Waals surface area contributed by atoms with Gasteiger partial charge < -0.3 is 20.7 Å². The largest absolute Gasteiger partial charge is 0.490 e. The Hall–Kier alpha value is -2.91.